The first-order valence-corrected chi connectivity index (χ1v) is 11.8. The summed E-state index contributed by atoms with van der Waals surface area (Å²) in [4.78, 5) is 24.5. The Morgan fingerprint density at radius 2 is 1.93 bits per heavy atom. The Hall–Kier alpha value is -1.46. The van der Waals surface area contributed by atoms with E-state index < -0.39 is 0 Å². The molecular formula is C24H40N4O. The second-order valence-corrected chi connectivity index (χ2v) is 8.89. The molecule has 1 saturated carbocycles. The van der Waals surface area contributed by atoms with Crippen LogP contribution in [-0.2, 0) is 11.3 Å². The van der Waals surface area contributed by atoms with Gasteiger partial charge in [-0.1, -0.05) is 39.2 Å². The smallest absolute Gasteiger partial charge is 0.237 e. The fourth-order valence-electron chi connectivity index (χ4n) is 5.04. The molecule has 1 aromatic rings. The summed E-state index contributed by atoms with van der Waals surface area (Å²) in [6.45, 7) is 10.6. The van der Waals surface area contributed by atoms with Gasteiger partial charge in [-0.05, 0) is 62.9 Å². The van der Waals surface area contributed by atoms with Crippen LogP contribution in [0.2, 0.25) is 0 Å². The van der Waals surface area contributed by atoms with Crippen molar-refractivity contribution in [3.05, 3.63) is 30.1 Å². The van der Waals surface area contributed by atoms with Crippen LogP contribution in [0.5, 0.6) is 0 Å². The standard InChI is InChI=1S/C24H40N4O/c1-3-26(4-2)20-24(29)28(17-21-10-8-14-25-16-21)19-22-11-9-15-27(18-22)23-12-6-5-7-13-23/h8,10,14,16,22-23H,3-7,9,11-13,15,17-20H2,1-2H3/t22-/m1/s1. The average Bonchev–Trinajstić information content (AvgIpc) is 2.78. The van der Waals surface area contributed by atoms with Crippen molar-refractivity contribution < 1.29 is 4.79 Å². The SMILES string of the molecule is CCN(CC)CC(=O)N(Cc1cccnc1)C[C@@H]1CCCN(C2CCCCC2)C1. The number of carbonyl (C=O) groups excluding carboxylic acids is 1. The molecule has 1 aliphatic heterocycles. The summed E-state index contributed by atoms with van der Waals surface area (Å²) in [5.41, 5.74) is 1.13. The maximum atomic E-state index is 13.2. The molecule has 162 valence electrons. The van der Waals surface area contributed by atoms with Gasteiger partial charge < -0.3 is 9.80 Å². The summed E-state index contributed by atoms with van der Waals surface area (Å²) in [5, 5.41) is 0. The summed E-state index contributed by atoms with van der Waals surface area (Å²) in [6.07, 6.45) is 13.1. The van der Waals surface area contributed by atoms with Crippen LogP contribution in [0.1, 0.15) is 64.4 Å². The molecule has 0 bridgehead atoms. The first-order chi connectivity index (χ1) is 14.2. The molecule has 1 amide bonds. The van der Waals surface area contributed by atoms with Gasteiger partial charge in [-0.2, -0.15) is 0 Å². The molecule has 0 unspecified atom stereocenters. The van der Waals surface area contributed by atoms with E-state index >= 15 is 0 Å². The number of amides is 1. The van der Waals surface area contributed by atoms with Crippen molar-refractivity contribution in [3.63, 3.8) is 0 Å². The molecule has 2 heterocycles. The van der Waals surface area contributed by atoms with Crippen LogP contribution >= 0.6 is 0 Å². The van der Waals surface area contributed by atoms with Crippen LogP contribution in [0.4, 0.5) is 0 Å². The van der Waals surface area contributed by atoms with Gasteiger partial charge in [0.1, 0.15) is 0 Å². The van der Waals surface area contributed by atoms with E-state index in [9.17, 15) is 4.79 Å². The Labute approximate surface area is 177 Å². The molecule has 1 aromatic heterocycles. The highest BCUT2D eigenvalue weighted by Crippen LogP contribution is 2.27. The lowest BCUT2D eigenvalue weighted by molar-refractivity contribution is -0.134. The first kappa shape index (κ1) is 22.2. The molecule has 5 heteroatoms. The van der Waals surface area contributed by atoms with Crippen LogP contribution < -0.4 is 0 Å². The molecule has 5 nitrogen and oxygen atoms in total. The normalized spacial score (nSPS) is 21.4. The number of aromatic nitrogens is 1. The molecule has 0 aromatic carbocycles. The molecule has 0 spiro atoms. The molecule has 3 rings (SSSR count). The number of carbonyl (C=O) groups is 1. The minimum Gasteiger partial charge on any atom is -0.337 e. The Morgan fingerprint density at radius 1 is 1.14 bits per heavy atom. The molecule has 0 radical (unpaired) electrons. The quantitative estimate of drug-likeness (QED) is 0.632. The van der Waals surface area contributed by atoms with E-state index in [1.807, 2.05) is 12.3 Å². The highest BCUT2D eigenvalue weighted by molar-refractivity contribution is 5.78. The molecule has 1 saturated heterocycles. The summed E-state index contributed by atoms with van der Waals surface area (Å²) in [5.74, 6) is 0.843. The lowest BCUT2D eigenvalue weighted by atomic mass is 9.90. The monoisotopic (exact) mass is 400 g/mol. The summed E-state index contributed by atoms with van der Waals surface area (Å²) in [7, 11) is 0. The van der Waals surface area contributed by atoms with E-state index in [0.717, 1.165) is 37.8 Å². The van der Waals surface area contributed by atoms with Gasteiger partial charge in [0.05, 0.1) is 6.54 Å². The Bertz CT molecular complexity index is 598. The van der Waals surface area contributed by atoms with Crippen LogP contribution in [0.25, 0.3) is 0 Å². The van der Waals surface area contributed by atoms with Gasteiger partial charge in [0, 0.05) is 38.1 Å². The van der Waals surface area contributed by atoms with Crippen LogP contribution in [0.15, 0.2) is 24.5 Å². The van der Waals surface area contributed by atoms with E-state index in [0.29, 0.717) is 19.0 Å². The summed E-state index contributed by atoms with van der Waals surface area (Å²) < 4.78 is 0. The van der Waals surface area contributed by atoms with E-state index in [4.69, 9.17) is 0 Å². The summed E-state index contributed by atoms with van der Waals surface area (Å²) in [6, 6.07) is 4.83. The van der Waals surface area contributed by atoms with E-state index in [1.54, 1.807) is 6.20 Å². The highest BCUT2D eigenvalue weighted by Gasteiger charge is 2.29. The minimum absolute atomic E-state index is 0.257. The van der Waals surface area contributed by atoms with E-state index in [1.165, 1.54) is 51.5 Å². The van der Waals surface area contributed by atoms with Gasteiger partial charge in [0.15, 0.2) is 0 Å². The third-order valence-corrected chi connectivity index (χ3v) is 6.82. The largest absolute Gasteiger partial charge is 0.337 e. The lowest BCUT2D eigenvalue weighted by Gasteiger charge is -2.41. The Morgan fingerprint density at radius 3 is 2.62 bits per heavy atom. The number of likely N-dealkylation sites (tertiary alicyclic amines) is 1. The third-order valence-electron chi connectivity index (χ3n) is 6.82. The number of rotatable bonds is 9. The van der Waals surface area contributed by atoms with Crippen molar-refractivity contribution in [3.8, 4) is 0 Å². The molecule has 29 heavy (non-hydrogen) atoms. The first-order valence-electron chi connectivity index (χ1n) is 11.8. The molecule has 0 N–H and O–H groups in total. The maximum absolute atomic E-state index is 13.2. The fraction of sp³-hybridized carbons (Fsp3) is 0.750. The number of hydrogen-bond acceptors (Lipinski definition) is 4. The van der Waals surface area contributed by atoms with Crippen LogP contribution in [0, 0.1) is 5.92 Å². The zero-order valence-electron chi connectivity index (χ0n) is 18.6. The van der Waals surface area contributed by atoms with Crippen LogP contribution in [0.3, 0.4) is 0 Å². The van der Waals surface area contributed by atoms with Gasteiger partial charge in [-0.25, -0.2) is 0 Å². The molecule has 2 fully saturated rings. The molecule has 2 aliphatic rings. The second kappa shape index (κ2) is 11.7. The van der Waals surface area contributed by atoms with E-state index in [-0.39, 0.29) is 5.91 Å². The van der Waals surface area contributed by atoms with Crippen molar-refractivity contribution in [2.45, 2.75) is 71.4 Å². The zero-order chi connectivity index (χ0) is 20.5. The predicted molar refractivity (Wildman–Crippen MR) is 119 cm³/mol. The molecule has 1 aliphatic carbocycles. The number of pyridine rings is 1. The minimum atomic E-state index is 0.257. The predicted octanol–water partition coefficient (Wildman–Crippen LogP) is 3.80. The number of likely N-dealkylation sites (N-methyl/N-ethyl adjacent to an activating group) is 1. The third kappa shape index (κ3) is 6.78. The fourth-order valence-corrected chi connectivity index (χ4v) is 5.04. The second-order valence-electron chi connectivity index (χ2n) is 8.89. The van der Waals surface area contributed by atoms with Crippen molar-refractivity contribution in [1.82, 2.24) is 19.7 Å². The van der Waals surface area contributed by atoms with Crippen molar-refractivity contribution >= 4 is 5.91 Å². The number of piperidine rings is 1. The van der Waals surface area contributed by atoms with E-state index in [2.05, 4.69) is 39.6 Å². The van der Waals surface area contributed by atoms with Gasteiger partial charge >= 0.3 is 0 Å². The van der Waals surface area contributed by atoms with Crippen molar-refractivity contribution in [2.24, 2.45) is 5.92 Å². The topological polar surface area (TPSA) is 39.7 Å². The summed E-state index contributed by atoms with van der Waals surface area (Å²) >= 11 is 0. The zero-order valence-corrected chi connectivity index (χ0v) is 18.6. The molecular weight excluding hydrogens is 360 g/mol. The van der Waals surface area contributed by atoms with Crippen LogP contribution in [-0.4, -0.2) is 70.9 Å². The maximum Gasteiger partial charge on any atom is 0.237 e. The number of nitrogens with zero attached hydrogens (tertiary/aromatic N) is 4. The van der Waals surface area contributed by atoms with Crippen molar-refractivity contribution in [2.75, 3.05) is 39.3 Å². The highest BCUT2D eigenvalue weighted by atomic mass is 16.2. The van der Waals surface area contributed by atoms with Gasteiger partial charge in [-0.3, -0.25) is 14.7 Å². The Kier molecular flexibility index (Phi) is 8.93. The van der Waals surface area contributed by atoms with Gasteiger partial charge in [0.2, 0.25) is 5.91 Å². The van der Waals surface area contributed by atoms with Crippen molar-refractivity contribution in [1.29, 1.82) is 0 Å². The molecule has 1 atom stereocenters. The van der Waals surface area contributed by atoms with Gasteiger partial charge in [-0.15, -0.1) is 0 Å². The van der Waals surface area contributed by atoms with Gasteiger partial charge in [0.25, 0.3) is 0 Å². The number of hydrogen-bond donors (Lipinski definition) is 0. The average molecular weight is 401 g/mol. The Balaban J connectivity index is 1.63. The lowest BCUT2D eigenvalue weighted by Crippen LogP contribution is -2.48.